The van der Waals surface area contributed by atoms with Gasteiger partial charge in [0.05, 0.1) is 0 Å². The number of benzene rings is 1. The van der Waals surface area contributed by atoms with Crippen molar-refractivity contribution in [1.82, 2.24) is 20.9 Å². The second kappa shape index (κ2) is 6.97. The predicted molar refractivity (Wildman–Crippen MR) is 102 cm³/mol. The first-order valence-electron chi connectivity index (χ1n) is 10.4. The minimum absolute atomic E-state index is 0.0926. The number of carbonyl (C=O) groups is 3. The molecule has 1 aliphatic carbocycles. The van der Waals surface area contributed by atoms with Gasteiger partial charge in [0.25, 0.3) is 5.91 Å². The Balaban J connectivity index is 1.29. The summed E-state index contributed by atoms with van der Waals surface area (Å²) >= 11 is 0. The van der Waals surface area contributed by atoms with E-state index in [-0.39, 0.29) is 24.1 Å². The lowest BCUT2D eigenvalue weighted by atomic mass is 10.0. The Morgan fingerprint density at radius 1 is 1.14 bits per heavy atom. The molecule has 3 fully saturated rings. The maximum absolute atomic E-state index is 13.1. The third-order valence-electron chi connectivity index (χ3n) is 6.68. The number of carbonyl (C=O) groups excluding carboxylic acids is 3. The molecule has 3 N–H and O–H groups in total. The zero-order chi connectivity index (χ0) is 19.3. The number of hydrogen-bond acceptors (Lipinski definition) is 5. The van der Waals surface area contributed by atoms with E-state index in [9.17, 15) is 14.4 Å². The fraction of sp³-hybridized carbons (Fsp3) is 0.571. The van der Waals surface area contributed by atoms with Gasteiger partial charge in [-0.1, -0.05) is 24.6 Å². The molecule has 148 valence electrons. The van der Waals surface area contributed by atoms with Crippen LogP contribution in [0.15, 0.2) is 18.2 Å². The highest BCUT2D eigenvalue weighted by atomic mass is 16.2. The van der Waals surface area contributed by atoms with E-state index in [1.807, 2.05) is 18.2 Å². The fourth-order valence-corrected chi connectivity index (χ4v) is 5.13. The van der Waals surface area contributed by atoms with E-state index in [1.54, 1.807) is 4.90 Å². The van der Waals surface area contributed by atoms with E-state index < -0.39 is 6.04 Å². The number of nitrogens with zero attached hydrogens (tertiary/aromatic N) is 1. The van der Waals surface area contributed by atoms with E-state index >= 15 is 0 Å². The molecule has 1 aromatic carbocycles. The van der Waals surface area contributed by atoms with E-state index in [0.29, 0.717) is 37.5 Å². The molecule has 1 saturated carbocycles. The van der Waals surface area contributed by atoms with Gasteiger partial charge in [0.2, 0.25) is 11.8 Å². The standard InChI is InChI=1S/C21H26N4O3/c26-16-8-7-15(20(27)24-16)25-11-13-5-3-4-12(17(13)21(25)28)10-23-19-14-6-1-2-9-22-18(14)19/h3-5,14-15,18-19,22-23H,1-2,6-11H2,(H,24,26,27). The van der Waals surface area contributed by atoms with Gasteiger partial charge in [0.15, 0.2) is 0 Å². The van der Waals surface area contributed by atoms with Crippen LogP contribution in [-0.2, 0) is 22.7 Å². The van der Waals surface area contributed by atoms with Gasteiger partial charge in [0.1, 0.15) is 6.04 Å². The van der Waals surface area contributed by atoms with E-state index in [0.717, 1.165) is 23.2 Å². The molecular weight excluding hydrogens is 356 g/mol. The number of piperidine rings is 1. The van der Waals surface area contributed by atoms with Gasteiger partial charge in [-0.25, -0.2) is 0 Å². The summed E-state index contributed by atoms with van der Waals surface area (Å²) in [5.74, 6) is -0.00754. The molecule has 4 aliphatic rings. The molecule has 5 rings (SSSR count). The highest BCUT2D eigenvalue weighted by Crippen LogP contribution is 2.38. The first-order valence-corrected chi connectivity index (χ1v) is 10.4. The molecule has 7 nitrogen and oxygen atoms in total. The van der Waals surface area contributed by atoms with Gasteiger partial charge in [-0.3, -0.25) is 19.7 Å². The lowest BCUT2D eigenvalue weighted by Crippen LogP contribution is -2.52. The van der Waals surface area contributed by atoms with Crippen molar-refractivity contribution >= 4 is 17.7 Å². The Morgan fingerprint density at radius 3 is 2.89 bits per heavy atom. The fourth-order valence-electron chi connectivity index (χ4n) is 5.13. The molecule has 3 amide bonds. The van der Waals surface area contributed by atoms with Crippen LogP contribution < -0.4 is 16.0 Å². The average Bonchev–Trinajstić information content (AvgIpc) is 3.30. The third-order valence-corrected chi connectivity index (χ3v) is 6.68. The molecule has 0 radical (unpaired) electrons. The first-order chi connectivity index (χ1) is 13.6. The highest BCUT2D eigenvalue weighted by molar-refractivity contribution is 6.05. The van der Waals surface area contributed by atoms with Crippen molar-refractivity contribution in [2.45, 2.75) is 63.3 Å². The van der Waals surface area contributed by atoms with Crippen LogP contribution in [0.1, 0.15) is 53.6 Å². The topological polar surface area (TPSA) is 90.5 Å². The summed E-state index contributed by atoms with van der Waals surface area (Å²) in [6.07, 6.45) is 4.49. The van der Waals surface area contributed by atoms with Gasteiger partial charge < -0.3 is 15.5 Å². The van der Waals surface area contributed by atoms with E-state index in [2.05, 4.69) is 16.0 Å². The largest absolute Gasteiger partial charge is 0.322 e. The molecule has 3 heterocycles. The summed E-state index contributed by atoms with van der Waals surface area (Å²) in [5, 5.41) is 9.62. The summed E-state index contributed by atoms with van der Waals surface area (Å²) in [5.41, 5.74) is 2.70. The third kappa shape index (κ3) is 3.02. The molecule has 7 heteroatoms. The summed E-state index contributed by atoms with van der Waals surface area (Å²) in [6, 6.07) is 6.45. The maximum atomic E-state index is 13.1. The summed E-state index contributed by atoms with van der Waals surface area (Å²) in [4.78, 5) is 38.4. The van der Waals surface area contributed by atoms with Crippen molar-refractivity contribution in [2.24, 2.45) is 5.92 Å². The van der Waals surface area contributed by atoms with Crippen LogP contribution >= 0.6 is 0 Å². The van der Waals surface area contributed by atoms with Crippen molar-refractivity contribution in [3.05, 3.63) is 34.9 Å². The first kappa shape index (κ1) is 17.8. The van der Waals surface area contributed by atoms with E-state index in [1.165, 1.54) is 19.3 Å². The lowest BCUT2D eigenvalue weighted by molar-refractivity contribution is -0.136. The zero-order valence-corrected chi connectivity index (χ0v) is 15.9. The van der Waals surface area contributed by atoms with Crippen LogP contribution in [0, 0.1) is 5.92 Å². The van der Waals surface area contributed by atoms with Crippen LogP contribution in [-0.4, -0.2) is 47.3 Å². The predicted octanol–water partition coefficient (Wildman–Crippen LogP) is 0.678. The minimum atomic E-state index is -0.558. The zero-order valence-electron chi connectivity index (χ0n) is 15.9. The number of hydrogen-bond donors (Lipinski definition) is 3. The van der Waals surface area contributed by atoms with Gasteiger partial charge in [-0.05, 0) is 42.9 Å². The van der Waals surface area contributed by atoms with Gasteiger partial charge in [-0.15, -0.1) is 0 Å². The Labute approximate surface area is 164 Å². The quantitative estimate of drug-likeness (QED) is 0.666. The van der Waals surface area contributed by atoms with Crippen molar-refractivity contribution in [3.63, 3.8) is 0 Å². The molecule has 0 spiro atoms. The molecule has 3 aliphatic heterocycles. The van der Waals surface area contributed by atoms with Crippen LogP contribution in [0.5, 0.6) is 0 Å². The molecular formula is C21H26N4O3. The highest BCUT2D eigenvalue weighted by Gasteiger charge is 2.49. The summed E-state index contributed by atoms with van der Waals surface area (Å²) < 4.78 is 0. The number of imide groups is 1. The minimum Gasteiger partial charge on any atom is -0.322 e. The van der Waals surface area contributed by atoms with E-state index in [4.69, 9.17) is 0 Å². The Hall–Kier alpha value is -2.25. The Morgan fingerprint density at radius 2 is 2.04 bits per heavy atom. The molecule has 1 aromatic rings. The van der Waals surface area contributed by atoms with Crippen LogP contribution in [0.2, 0.25) is 0 Å². The maximum Gasteiger partial charge on any atom is 0.255 e. The monoisotopic (exact) mass is 382 g/mol. The number of fused-ring (bicyclic) bond motifs is 2. The second-order valence-electron chi connectivity index (χ2n) is 8.40. The van der Waals surface area contributed by atoms with Crippen LogP contribution in [0.3, 0.4) is 0 Å². The van der Waals surface area contributed by atoms with Crippen LogP contribution in [0.4, 0.5) is 0 Å². The van der Waals surface area contributed by atoms with Crippen molar-refractivity contribution in [1.29, 1.82) is 0 Å². The molecule has 0 bridgehead atoms. The van der Waals surface area contributed by atoms with Crippen molar-refractivity contribution < 1.29 is 14.4 Å². The van der Waals surface area contributed by atoms with Crippen molar-refractivity contribution in [3.8, 4) is 0 Å². The normalized spacial score (nSPS) is 31.9. The van der Waals surface area contributed by atoms with Gasteiger partial charge in [-0.2, -0.15) is 0 Å². The summed E-state index contributed by atoms with van der Waals surface area (Å²) in [7, 11) is 0. The molecule has 2 saturated heterocycles. The molecule has 4 unspecified atom stereocenters. The SMILES string of the molecule is O=C1CCC(N2Cc3cccc(CNC4C5CCCCNC54)c3C2=O)C(=O)N1. The number of rotatable bonds is 4. The molecule has 0 aromatic heterocycles. The Kier molecular flexibility index (Phi) is 4.44. The molecule has 28 heavy (non-hydrogen) atoms. The van der Waals surface area contributed by atoms with Gasteiger partial charge in [0, 0.05) is 37.2 Å². The van der Waals surface area contributed by atoms with Crippen LogP contribution in [0.25, 0.3) is 0 Å². The Bertz CT molecular complexity index is 827. The molecule has 4 atom stereocenters. The van der Waals surface area contributed by atoms with Gasteiger partial charge >= 0.3 is 0 Å². The van der Waals surface area contributed by atoms with Crippen molar-refractivity contribution in [2.75, 3.05) is 6.54 Å². The number of nitrogens with one attached hydrogen (secondary N) is 3. The average molecular weight is 382 g/mol. The summed E-state index contributed by atoms with van der Waals surface area (Å²) in [6.45, 7) is 2.20. The number of amides is 3. The second-order valence-corrected chi connectivity index (χ2v) is 8.40. The smallest absolute Gasteiger partial charge is 0.255 e. The lowest BCUT2D eigenvalue weighted by Gasteiger charge is -2.29.